The summed E-state index contributed by atoms with van der Waals surface area (Å²) in [6, 6.07) is 14.0. The van der Waals surface area contributed by atoms with Crippen LogP contribution >= 0.6 is 11.6 Å². The van der Waals surface area contributed by atoms with E-state index < -0.39 is 0 Å². The second-order valence-corrected chi connectivity index (χ2v) is 4.51. The molecule has 18 heavy (non-hydrogen) atoms. The lowest BCUT2D eigenvalue weighted by molar-refractivity contribution is 1.22. The monoisotopic (exact) mass is 254 g/mol. The molecule has 3 aromatic rings. The predicted molar refractivity (Wildman–Crippen MR) is 74.7 cm³/mol. The highest BCUT2D eigenvalue weighted by Gasteiger charge is 2.08. The molecule has 0 unspecified atom stereocenters. The zero-order chi connectivity index (χ0) is 12.5. The van der Waals surface area contributed by atoms with Gasteiger partial charge in [-0.25, -0.2) is 4.98 Å². The molecular weight excluding hydrogens is 244 g/mol. The van der Waals surface area contributed by atoms with Gasteiger partial charge in [-0.1, -0.05) is 41.9 Å². The smallest absolute Gasteiger partial charge is 0.137 e. The molecule has 0 spiro atoms. The predicted octanol–water partition coefficient (Wildman–Crippen LogP) is 4.26. The third-order valence-electron chi connectivity index (χ3n) is 2.98. The summed E-state index contributed by atoms with van der Waals surface area (Å²) in [4.78, 5) is 8.73. The van der Waals surface area contributed by atoms with Crippen LogP contribution in [0.15, 0.2) is 48.7 Å². The third-order valence-corrected chi connectivity index (χ3v) is 3.27. The van der Waals surface area contributed by atoms with E-state index in [0.29, 0.717) is 5.15 Å². The first-order chi connectivity index (χ1) is 8.75. The van der Waals surface area contributed by atoms with Gasteiger partial charge < -0.3 is 0 Å². The van der Waals surface area contributed by atoms with Gasteiger partial charge in [0.15, 0.2) is 0 Å². The molecule has 0 aliphatic carbocycles. The van der Waals surface area contributed by atoms with E-state index in [1.807, 2.05) is 43.3 Å². The van der Waals surface area contributed by atoms with Crippen LogP contribution in [-0.4, -0.2) is 9.97 Å². The highest BCUT2D eigenvalue weighted by Crippen LogP contribution is 2.30. The van der Waals surface area contributed by atoms with E-state index in [1.165, 1.54) is 0 Å². The minimum atomic E-state index is 0.527. The Balaban J connectivity index is 2.31. The lowest BCUT2D eigenvalue weighted by Crippen LogP contribution is -1.90. The van der Waals surface area contributed by atoms with Gasteiger partial charge in [-0.15, -0.1) is 0 Å². The van der Waals surface area contributed by atoms with Crippen molar-refractivity contribution in [2.24, 2.45) is 0 Å². The van der Waals surface area contributed by atoms with Crippen molar-refractivity contribution in [3.63, 3.8) is 0 Å². The van der Waals surface area contributed by atoms with Crippen LogP contribution < -0.4 is 0 Å². The molecule has 0 radical (unpaired) electrons. The maximum atomic E-state index is 6.26. The fraction of sp³-hybridized carbons (Fsp3) is 0.0667. The zero-order valence-electron chi connectivity index (χ0n) is 9.89. The molecule has 2 aromatic heterocycles. The van der Waals surface area contributed by atoms with Gasteiger partial charge in [-0.2, -0.15) is 0 Å². The van der Waals surface area contributed by atoms with Gasteiger partial charge in [0.25, 0.3) is 0 Å². The molecule has 0 bridgehead atoms. The van der Waals surface area contributed by atoms with Crippen molar-refractivity contribution in [3.05, 3.63) is 59.5 Å². The Bertz CT molecular complexity index is 708. The van der Waals surface area contributed by atoms with Crippen LogP contribution in [0, 0.1) is 6.92 Å². The summed E-state index contributed by atoms with van der Waals surface area (Å²) >= 11 is 6.26. The van der Waals surface area contributed by atoms with Gasteiger partial charge >= 0.3 is 0 Å². The average molecular weight is 255 g/mol. The van der Waals surface area contributed by atoms with Crippen molar-refractivity contribution < 1.29 is 0 Å². The van der Waals surface area contributed by atoms with Crippen LogP contribution in [0.4, 0.5) is 0 Å². The van der Waals surface area contributed by atoms with Crippen molar-refractivity contribution >= 4 is 22.5 Å². The first-order valence-electron chi connectivity index (χ1n) is 5.73. The molecular formula is C15H11ClN2. The van der Waals surface area contributed by atoms with E-state index in [4.69, 9.17) is 11.6 Å². The quantitative estimate of drug-likeness (QED) is 0.607. The number of rotatable bonds is 1. The number of hydrogen-bond acceptors (Lipinski definition) is 2. The normalized spacial score (nSPS) is 10.8. The highest BCUT2D eigenvalue weighted by molar-refractivity contribution is 6.32. The SMILES string of the molecule is Cc1nccc2nc(Cl)c(-c3ccccc3)cc12. The summed E-state index contributed by atoms with van der Waals surface area (Å²) in [5.74, 6) is 0. The number of halogens is 1. The van der Waals surface area contributed by atoms with Gasteiger partial charge in [0.05, 0.1) is 5.52 Å². The van der Waals surface area contributed by atoms with E-state index in [0.717, 1.165) is 27.7 Å². The Morgan fingerprint density at radius 2 is 1.83 bits per heavy atom. The van der Waals surface area contributed by atoms with Crippen molar-refractivity contribution in [1.82, 2.24) is 9.97 Å². The molecule has 0 aliphatic heterocycles. The number of aromatic nitrogens is 2. The van der Waals surface area contributed by atoms with Gasteiger partial charge in [-0.3, -0.25) is 4.98 Å². The average Bonchev–Trinajstić information content (AvgIpc) is 2.39. The summed E-state index contributed by atoms with van der Waals surface area (Å²) in [5, 5.41) is 1.57. The van der Waals surface area contributed by atoms with Crippen molar-refractivity contribution in [2.45, 2.75) is 6.92 Å². The number of benzene rings is 1. The highest BCUT2D eigenvalue weighted by atomic mass is 35.5. The van der Waals surface area contributed by atoms with Gasteiger partial charge in [-0.05, 0) is 24.6 Å². The maximum absolute atomic E-state index is 6.26. The second kappa shape index (κ2) is 4.39. The number of pyridine rings is 2. The summed E-state index contributed by atoms with van der Waals surface area (Å²) in [6.07, 6.45) is 1.75. The summed E-state index contributed by atoms with van der Waals surface area (Å²) in [6.45, 7) is 1.98. The minimum absolute atomic E-state index is 0.527. The number of aryl methyl sites for hydroxylation is 1. The molecule has 0 saturated heterocycles. The Hall–Kier alpha value is -1.93. The molecule has 0 aliphatic rings. The van der Waals surface area contributed by atoms with E-state index in [1.54, 1.807) is 6.20 Å². The zero-order valence-corrected chi connectivity index (χ0v) is 10.6. The molecule has 2 heterocycles. The Kier molecular flexibility index (Phi) is 2.73. The van der Waals surface area contributed by atoms with Gasteiger partial charge in [0, 0.05) is 22.8 Å². The summed E-state index contributed by atoms with van der Waals surface area (Å²) in [7, 11) is 0. The standard InChI is InChI=1S/C15H11ClN2/c1-10-12-9-13(11-5-3-2-4-6-11)15(16)18-14(12)7-8-17-10/h2-9H,1H3. The first-order valence-corrected chi connectivity index (χ1v) is 6.11. The number of nitrogens with zero attached hydrogens (tertiary/aromatic N) is 2. The lowest BCUT2D eigenvalue weighted by Gasteiger charge is -2.07. The Labute approximate surface area is 110 Å². The topological polar surface area (TPSA) is 25.8 Å². The second-order valence-electron chi connectivity index (χ2n) is 4.16. The van der Waals surface area contributed by atoms with E-state index >= 15 is 0 Å². The van der Waals surface area contributed by atoms with Crippen LogP contribution in [0.25, 0.3) is 22.0 Å². The van der Waals surface area contributed by atoms with Crippen molar-refractivity contribution in [1.29, 1.82) is 0 Å². The largest absolute Gasteiger partial charge is 0.261 e. The molecule has 0 saturated carbocycles. The molecule has 0 N–H and O–H groups in total. The van der Waals surface area contributed by atoms with Gasteiger partial charge in [0.2, 0.25) is 0 Å². The number of hydrogen-bond donors (Lipinski definition) is 0. The first kappa shape index (κ1) is 11.2. The van der Waals surface area contributed by atoms with Crippen LogP contribution in [0.1, 0.15) is 5.69 Å². The summed E-state index contributed by atoms with van der Waals surface area (Å²) in [5.41, 5.74) is 3.86. The molecule has 0 atom stereocenters. The van der Waals surface area contributed by atoms with Crippen LogP contribution in [0.5, 0.6) is 0 Å². The van der Waals surface area contributed by atoms with Crippen LogP contribution in [-0.2, 0) is 0 Å². The molecule has 1 aromatic carbocycles. The number of fused-ring (bicyclic) bond motifs is 1. The van der Waals surface area contributed by atoms with Crippen molar-refractivity contribution in [3.8, 4) is 11.1 Å². The third kappa shape index (κ3) is 1.85. The van der Waals surface area contributed by atoms with E-state index in [-0.39, 0.29) is 0 Å². The van der Waals surface area contributed by atoms with Crippen molar-refractivity contribution in [2.75, 3.05) is 0 Å². The minimum Gasteiger partial charge on any atom is -0.261 e. The van der Waals surface area contributed by atoms with E-state index in [2.05, 4.69) is 16.0 Å². The van der Waals surface area contributed by atoms with Crippen LogP contribution in [0.3, 0.4) is 0 Å². The Morgan fingerprint density at radius 1 is 1.06 bits per heavy atom. The Morgan fingerprint density at radius 3 is 2.61 bits per heavy atom. The van der Waals surface area contributed by atoms with E-state index in [9.17, 15) is 0 Å². The fourth-order valence-corrected chi connectivity index (χ4v) is 2.28. The molecule has 3 rings (SSSR count). The summed E-state index contributed by atoms with van der Waals surface area (Å²) < 4.78 is 0. The van der Waals surface area contributed by atoms with Gasteiger partial charge in [0.1, 0.15) is 5.15 Å². The molecule has 88 valence electrons. The molecule has 0 fully saturated rings. The lowest BCUT2D eigenvalue weighted by atomic mass is 10.1. The molecule has 3 heteroatoms. The van der Waals surface area contributed by atoms with Crippen LogP contribution in [0.2, 0.25) is 5.15 Å². The maximum Gasteiger partial charge on any atom is 0.137 e. The molecule has 2 nitrogen and oxygen atoms in total. The fourth-order valence-electron chi connectivity index (χ4n) is 2.03. The molecule has 0 amide bonds.